The lowest BCUT2D eigenvalue weighted by atomic mass is 9.76. The molecular formula is C21H27N3O2. The Morgan fingerprint density at radius 2 is 2.00 bits per heavy atom. The molecule has 0 aliphatic carbocycles. The number of para-hydroxylation sites is 1. The summed E-state index contributed by atoms with van der Waals surface area (Å²) in [6.07, 6.45) is 6.84. The van der Waals surface area contributed by atoms with Crippen molar-refractivity contribution in [3.63, 3.8) is 0 Å². The fourth-order valence-electron chi connectivity index (χ4n) is 4.50. The first kappa shape index (κ1) is 17.3. The van der Waals surface area contributed by atoms with Crippen molar-refractivity contribution >= 4 is 11.6 Å². The third kappa shape index (κ3) is 3.69. The van der Waals surface area contributed by atoms with E-state index in [0.29, 0.717) is 0 Å². The number of rotatable bonds is 4. The van der Waals surface area contributed by atoms with Crippen LogP contribution in [0.4, 0.5) is 5.69 Å². The van der Waals surface area contributed by atoms with Crippen molar-refractivity contribution in [1.29, 1.82) is 0 Å². The first-order valence-electron chi connectivity index (χ1n) is 9.43. The number of carbonyl (C=O) groups excluding carboxylic acids is 1. The van der Waals surface area contributed by atoms with Crippen molar-refractivity contribution in [3.05, 3.63) is 54.5 Å². The molecular weight excluding hydrogens is 326 g/mol. The van der Waals surface area contributed by atoms with E-state index in [4.69, 9.17) is 4.42 Å². The van der Waals surface area contributed by atoms with Crippen LogP contribution in [-0.2, 0) is 11.3 Å². The monoisotopic (exact) mass is 353 g/mol. The van der Waals surface area contributed by atoms with Gasteiger partial charge < -0.3 is 9.73 Å². The number of anilines is 1. The van der Waals surface area contributed by atoms with Gasteiger partial charge in [0.15, 0.2) is 0 Å². The smallest absolute Gasteiger partial charge is 0.241 e. The van der Waals surface area contributed by atoms with Crippen LogP contribution >= 0.6 is 0 Å². The second-order valence-electron chi connectivity index (χ2n) is 7.90. The maximum atomic E-state index is 12.8. The van der Waals surface area contributed by atoms with Crippen LogP contribution in [0.1, 0.15) is 24.8 Å². The Kier molecular flexibility index (Phi) is 4.83. The Hall–Kier alpha value is -2.11. The van der Waals surface area contributed by atoms with E-state index in [9.17, 15) is 4.79 Å². The number of hydrogen-bond donors (Lipinski definition) is 1. The van der Waals surface area contributed by atoms with Crippen LogP contribution in [-0.4, -0.2) is 48.4 Å². The molecule has 1 amide bonds. The number of piperidine rings is 1. The summed E-state index contributed by atoms with van der Waals surface area (Å²) in [5.41, 5.74) is 2.40. The molecule has 1 aromatic heterocycles. The number of nitrogens with one attached hydrogen (secondary N) is 1. The minimum absolute atomic E-state index is 0.0318. The molecule has 26 heavy (non-hydrogen) atoms. The highest BCUT2D eigenvalue weighted by Crippen LogP contribution is 2.43. The number of likely N-dealkylation sites (N-methyl/N-ethyl adjacent to an activating group) is 1. The first-order chi connectivity index (χ1) is 12.6. The molecule has 3 heterocycles. The zero-order chi connectivity index (χ0) is 18.0. The average molecular weight is 353 g/mol. The molecule has 2 aliphatic rings. The van der Waals surface area contributed by atoms with Crippen molar-refractivity contribution in [2.45, 2.75) is 31.8 Å². The molecule has 2 aromatic rings. The Morgan fingerprint density at radius 3 is 2.69 bits per heavy atom. The summed E-state index contributed by atoms with van der Waals surface area (Å²) >= 11 is 0. The maximum absolute atomic E-state index is 12.8. The lowest BCUT2D eigenvalue weighted by Crippen LogP contribution is -2.40. The molecule has 0 bridgehead atoms. The number of carbonyl (C=O) groups is 1. The third-order valence-electron chi connectivity index (χ3n) is 5.99. The van der Waals surface area contributed by atoms with Gasteiger partial charge in [-0.25, -0.2) is 0 Å². The van der Waals surface area contributed by atoms with Gasteiger partial charge in [-0.15, -0.1) is 0 Å². The van der Waals surface area contributed by atoms with Gasteiger partial charge in [-0.05, 0) is 63.0 Å². The van der Waals surface area contributed by atoms with Gasteiger partial charge in [0.25, 0.3) is 0 Å². The van der Waals surface area contributed by atoms with Gasteiger partial charge in [0, 0.05) is 24.3 Å². The normalized spacial score (nSPS) is 23.3. The average Bonchev–Trinajstić information content (AvgIpc) is 3.26. The highest BCUT2D eigenvalue weighted by atomic mass is 16.3. The first-order valence-corrected chi connectivity index (χ1v) is 9.43. The van der Waals surface area contributed by atoms with Crippen LogP contribution in [0, 0.1) is 5.41 Å². The molecule has 5 nitrogen and oxygen atoms in total. The second-order valence-corrected chi connectivity index (χ2v) is 7.90. The molecule has 1 atom stereocenters. The van der Waals surface area contributed by atoms with Crippen molar-refractivity contribution < 1.29 is 9.21 Å². The van der Waals surface area contributed by atoms with E-state index in [1.54, 1.807) is 6.26 Å². The summed E-state index contributed by atoms with van der Waals surface area (Å²) in [6, 6.07) is 11.8. The van der Waals surface area contributed by atoms with Crippen LogP contribution in [0.25, 0.3) is 0 Å². The number of nitrogens with zero attached hydrogens (tertiary/aromatic N) is 2. The van der Waals surface area contributed by atoms with E-state index in [1.807, 2.05) is 42.7 Å². The summed E-state index contributed by atoms with van der Waals surface area (Å²) in [5, 5.41) is 3.07. The SMILES string of the molecule is CN1CC2(CCN(Cc3ccoc3)CC2)CC1C(=O)Nc1ccccc1. The largest absolute Gasteiger partial charge is 0.472 e. The molecule has 2 saturated heterocycles. The highest BCUT2D eigenvalue weighted by Gasteiger charge is 2.46. The molecule has 5 heteroatoms. The predicted molar refractivity (Wildman–Crippen MR) is 102 cm³/mol. The molecule has 2 aliphatic heterocycles. The zero-order valence-corrected chi connectivity index (χ0v) is 15.4. The number of furan rings is 1. The van der Waals surface area contributed by atoms with Crippen LogP contribution in [0.3, 0.4) is 0 Å². The number of hydrogen-bond acceptors (Lipinski definition) is 4. The van der Waals surface area contributed by atoms with Gasteiger partial charge in [-0.1, -0.05) is 18.2 Å². The molecule has 0 saturated carbocycles. The fourth-order valence-corrected chi connectivity index (χ4v) is 4.50. The van der Waals surface area contributed by atoms with Gasteiger partial charge in [0.1, 0.15) is 0 Å². The van der Waals surface area contributed by atoms with Crippen molar-refractivity contribution in [2.24, 2.45) is 5.41 Å². The fraction of sp³-hybridized carbons (Fsp3) is 0.476. The summed E-state index contributed by atoms with van der Waals surface area (Å²) in [4.78, 5) is 17.5. The maximum Gasteiger partial charge on any atom is 0.241 e. The molecule has 1 unspecified atom stereocenters. The van der Waals surface area contributed by atoms with E-state index in [0.717, 1.165) is 51.1 Å². The highest BCUT2D eigenvalue weighted by molar-refractivity contribution is 5.95. The standard InChI is InChI=1S/C21H27N3O2/c1-23-16-21(8-10-24(11-9-21)14-17-7-12-26-15-17)13-19(23)20(25)22-18-5-3-2-4-6-18/h2-7,12,15,19H,8-11,13-14,16H2,1H3,(H,22,25). The van der Waals surface area contributed by atoms with E-state index in [-0.39, 0.29) is 17.4 Å². The molecule has 4 rings (SSSR count). The quantitative estimate of drug-likeness (QED) is 0.917. The Morgan fingerprint density at radius 1 is 1.23 bits per heavy atom. The Labute approximate surface area is 155 Å². The zero-order valence-electron chi connectivity index (χ0n) is 15.4. The minimum Gasteiger partial charge on any atom is -0.472 e. The molecule has 1 N–H and O–H groups in total. The van der Waals surface area contributed by atoms with Gasteiger partial charge in [0.2, 0.25) is 5.91 Å². The summed E-state index contributed by atoms with van der Waals surface area (Å²) in [7, 11) is 2.09. The summed E-state index contributed by atoms with van der Waals surface area (Å²) in [6.45, 7) is 4.15. The van der Waals surface area contributed by atoms with Crippen LogP contribution in [0.2, 0.25) is 0 Å². The third-order valence-corrected chi connectivity index (χ3v) is 5.99. The molecule has 1 aromatic carbocycles. The van der Waals surface area contributed by atoms with E-state index < -0.39 is 0 Å². The van der Waals surface area contributed by atoms with E-state index in [2.05, 4.69) is 22.2 Å². The number of benzene rings is 1. The summed E-state index contributed by atoms with van der Waals surface area (Å²) < 4.78 is 5.17. The molecule has 0 radical (unpaired) electrons. The summed E-state index contributed by atoms with van der Waals surface area (Å²) in [5.74, 6) is 0.122. The number of amides is 1. The van der Waals surface area contributed by atoms with E-state index in [1.165, 1.54) is 5.56 Å². The Bertz CT molecular complexity index is 721. The van der Waals surface area contributed by atoms with Crippen LogP contribution in [0.15, 0.2) is 53.3 Å². The molecule has 138 valence electrons. The predicted octanol–water partition coefficient (Wildman–Crippen LogP) is 3.20. The van der Waals surface area contributed by atoms with Gasteiger partial charge in [-0.3, -0.25) is 14.6 Å². The van der Waals surface area contributed by atoms with Crippen molar-refractivity contribution in [3.8, 4) is 0 Å². The molecule has 2 fully saturated rings. The lowest BCUT2D eigenvalue weighted by molar-refractivity contribution is -0.120. The minimum atomic E-state index is -0.0318. The molecule has 1 spiro atoms. The van der Waals surface area contributed by atoms with Crippen LogP contribution in [0.5, 0.6) is 0 Å². The van der Waals surface area contributed by atoms with E-state index >= 15 is 0 Å². The van der Waals surface area contributed by atoms with Gasteiger partial charge in [0.05, 0.1) is 18.6 Å². The Balaban J connectivity index is 1.34. The van der Waals surface area contributed by atoms with Crippen molar-refractivity contribution in [1.82, 2.24) is 9.80 Å². The van der Waals surface area contributed by atoms with Gasteiger partial charge in [-0.2, -0.15) is 0 Å². The topological polar surface area (TPSA) is 48.7 Å². The second kappa shape index (κ2) is 7.25. The lowest BCUT2D eigenvalue weighted by Gasteiger charge is -2.39. The van der Waals surface area contributed by atoms with Crippen molar-refractivity contribution in [2.75, 3.05) is 32.0 Å². The number of likely N-dealkylation sites (tertiary alicyclic amines) is 2. The van der Waals surface area contributed by atoms with Crippen LogP contribution < -0.4 is 5.32 Å². The van der Waals surface area contributed by atoms with Gasteiger partial charge >= 0.3 is 0 Å².